The zero-order valence-electron chi connectivity index (χ0n) is 11.8. The number of rotatable bonds is 2. The van der Waals surface area contributed by atoms with E-state index in [0.29, 0.717) is 6.04 Å². The van der Waals surface area contributed by atoms with Gasteiger partial charge in [0, 0.05) is 23.3 Å². The molecule has 19 heavy (non-hydrogen) atoms. The average molecular weight is 254 g/mol. The zero-order chi connectivity index (χ0) is 13.2. The Hall–Kier alpha value is -1.57. The molecular formula is C17H22N2. The van der Waals surface area contributed by atoms with Gasteiger partial charge in [0.15, 0.2) is 0 Å². The van der Waals surface area contributed by atoms with Gasteiger partial charge in [-0.1, -0.05) is 26.3 Å². The number of aromatic nitrogens is 1. The van der Waals surface area contributed by atoms with Gasteiger partial charge < -0.3 is 5.32 Å². The Morgan fingerprint density at radius 2 is 1.89 bits per heavy atom. The largest absolute Gasteiger partial charge is 0.382 e. The quantitative estimate of drug-likeness (QED) is 0.855. The molecule has 2 aromatic rings. The van der Waals surface area contributed by atoms with Crippen LogP contribution in [0.3, 0.4) is 0 Å². The molecule has 0 aliphatic heterocycles. The molecule has 100 valence electrons. The lowest BCUT2D eigenvalue weighted by atomic mass is 9.78. The second kappa shape index (κ2) is 5.20. The lowest BCUT2D eigenvalue weighted by Crippen LogP contribution is -2.37. The summed E-state index contributed by atoms with van der Waals surface area (Å²) >= 11 is 0. The summed E-state index contributed by atoms with van der Waals surface area (Å²) in [6.45, 7) is 4.74. The maximum Gasteiger partial charge on any atom is 0.0703 e. The van der Waals surface area contributed by atoms with E-state index in [1.54, 1.807) is 0 Å². The van der Waals surface area contributed by atoms with Crippen molar-refractivity contribution in [1.29, 1.82) is 0 Å². The standard InChI is InChI=1S/C17H22N2/c1-12-5-3-6-13(2)17(12)19-15-8-9-16-14(11-15)7-4-10-18-16/h4,7-13,17,19H,3,5-6H2,1-2H3. The van der Waals surface area contributed by atoms with Crippen molar-refractivity contribution in [3.63, 3.8) is 0 Å². The highest BCUT2D eigenvalue weighted by atomic mass is 14.9. The molecule has 1 aliphatic carbocycles. The van der Waals surface area contributed by atoms with Crippen LogP contribution in [-0.4, -0.2) is 11.0 Å². The van der Waals surface area contributed by atoms with Gasteiger partial charge in [-0.15, -0.1) is 0 Å². The molecule has 1 heterocycles. The van der Waals surface area contributed by atoms with E-state index in [9.17, 15) is 0 Å². The molecule has 0 saturated heterocycles. The van der Waals surface area contributed by atoms with Crippen LogP contribution in [0.1, 0.15) is 33.1 Å². The predicted molar refractivity (Wildman–Crippen MR) is 81.3 cm³/mol. The molecule has 1 aromatic carbocycles. The van der Waals surface area contributed by atoms with Crippen molar-refractivity contribution in [2.45, 2.75) is 39.2 Å². The first-order chi connectivity index (χ1) is 9.24. The van der Waals surface area contributed by atoms with Gasteiger partial charge in [-0.25, -0.2) is 0 Å². The third-order valence-electron chi connectivity index (χ3n) is 4.48. The van der Waals surface area contributed by atoms with E-state index in [2.05, 4.69) is 48.4 Å². The van der Waals surface area contributed by atoms with Crippen molar-refractivity contribution < 1.29 is 0 Å². The molecule has 2 heteroatoms. The summed E-state index contributed by atoms with van der Waals surface area (Å²) in [5.74, 6) is 1.52. The fourth-order valence-electron chi connectivity index (χ4n) is 3.32. The number of benzene rings is 1. The smallest absolute Gasteiger partial charge is 0.0703 e. The number of pyridine rings is 1. The average Bonchev–Trinajstić information content (AvgIpc) is 2.43. The van der Waals surface area contributed by atoms with Gasteiger partial charge in [-0.3, -0.25) is 4.98 Å². The van der Waals surface area contributed by atoms with Crippen molar-refractivity contribution >= 4 is 16.6 Å². The van der Waals surface area contributed by atoms with Crippen LogP contribution in [0.5, 0.6) is 0 Å². The van der Waals surface area contributed by atoms with E-state index in [4.69, 9.17) is 0 Å². The lowest BCUT2D eigenvalue weighted by Gasteiger charge is -2.36. The van der Waals surface area contributed by atoms with Gasteiger partial charge in [0.05, 0.1) is 5.52 Å². The van der Waals surface area contributed by atoms with Crippen molar-refractivity contribution in [2.24, 2.45) is 11.8 Å². The number of nitrogens with zero attached hydrogens (tertiary/aromatic N) is 1. The molecule has 0 radical (unpaired) electrons. The van der Waals surface area contributed by atoms with E-state index < -0.39 is 0 Å². The highest BCUT2D eigenvalue weighted by Gasteiger charge is 2.27. The van der Waals surface area contributed by atoms with E-state index in [0.717, 1.165) is 17.4 Å². The molecule has 2 nitrogen and oxygen atoms in total. The van der Waals surface area contributed by atoms with E-state index in [1.165, 1.54) is 30.3 Å². The van der Waals surface area contributed by atoms with Crippen LogP contribution in [0.2, 0.25) is 0 Å². The maximum absolute atomic E-state index is 4.37. The molecule has 1 saturated carbocycles. The number of nitrogens with one attached hydrogen (secondary N) is 1. The molecule has 2 unspecified atom stereocenters. The second-order valence-corrected chi connectivity index (χ2v) is 5.97. The van der Waals surface area contributed by atoms with Crippen LogP contribution in [0.4, 0.5) is 5.69 Å². The Bertz CT molecular complexity index is 554. The first-order valence-electron chi connectivity index (χ1n) is 7.35. The number of anilines is 1. The third kappa shape index (κ3) is 2.58. The lowest BCUT2D eigenvalue weighted by molar-refractivity contribution is 0.268. The van der Waals surface area contributed by atoms with Gasteiger partial charge in [0.25, 0.3) is 0 Å². The zero-order valence-corrected chi connectivity index (χ0v) is 11.8. The SMILES string of the molecule is CC1CCCC(C)C1Nc1ccc2ncccc2c1. The summed E-state index contributed by atoms with van der Waals surface area (Å²) in [6, 6.07) is 11.2. The summed E-state index contributed by atoms with van der Waals surface area (Å²) in [6.07, 6.45) is 5.91. The highest BCUT2D eigenvalue weighted by molar-refractivity contribution is 5.82. The molecule has 1 N–H and O–H groups in total. The second-order valence-electron chi connectivity index (χ2n) is 5.97. The van der Waals surface area contributed by atoms with Gasteiger partial charge in [-0.2, -0.15) is 0 Å². The third-order valence-corrected chi connectivity index (χ3v) is 4.48. The van der Waals surface area contributed by atoms with Crippen LogP contribution >= 0.6 is 0 Å². The van der Waals surface area contributed by atoms with Crippen molar-refractivity contribution in [3.05, 3.63) is 36.5 Å². The van der Waals surface area contributed by atoms with Crippen LogP contribution in [0.15, 0.2) is 36.5 Å². The van der Waals surface area contributed by atoms with Crippen molar-refractivity contribution in [3.8, 4) is 0 Å². The summed E-state index contributed by atoms with van der Waals surface area (Å²) in [7, 11) is 0. The Morgan fingerprint density at radius 1 is 1.11 bits per heavy atom. The Kier molecular flexibility index (Phi) is 3.41. The summed E-state index contributed by atoms with van der Waals surface area (Å²) in [4.78, 5) is 4.37. The Balaban J connectivity index is 1.84. The fraction of sp³-hybridized carbons (Fsp3) is 0.471. The maximum atomic E-state index is 4.37. The van der Waals surface area contributed by atoms with Crippen LogP contribution < -0.4 is 5.32 Å². The first kappa shape index (κ1) is 12.5. The molecule has 1 fully saturated rings. The summed E-state index contributed by atoms with van der Waals surface area (Å²) in [5, 5.41) is 4.96. The minimum absolute atomic E-state index is 0.600. The van der Waals surface area contributed by atoms with Gasteiger partial charge in [0.1, 0.15) is 0 Å². The van der Waals surface area contributed by atoms with Gasteiger partial charge in [0.2, 0.25) is 0 Å². The monoisotopic (exact) mass is 254 g/mol. The fourth-order valence-corrected chi connectivity index (χ4v) is 3.32. The van der Waals surface area contributed by atoms with Gasteiger partial charge in [-0.05, 0) is 48.9 Å². The van der Waals surface area contributed by atoms with E-state index in [-0.39, 0.29) is 0 Å². The molecular weight excluding hydrogens is 232 g/mol. The summed E-state index contributed by atoms with van der Waals surface area (Å²) < 4.78 is 0. The van der Waals surface area contributed by atoms with Crippen LogP contribution in [-0.2, 0) is 0 Å². The minimum atomic E-state index is 0.600. The van der Waals surface area contributed by atoms with Crippen LogP contribution in [0, 0.1) is 11.8 Å². The predicted octanol–water partition coefficient (Wildman–Crippen LogP) is 4.47. The van der Waals surface area contributed by atoms with E-state index in [1.807, 2.05) is 12.3 Å². The number of fused-ring (bicyclic) bond motifs is 1. The Morgan fingerprint density at radius 3 is 2.68 bits per heavy atom. The molecule has 2 atom stereocenters. The normalized spacial score (nSPS) is 27.4. The Labute approximate surface area is 115 Å². The minimum Gasteiger partial charge on any atom is -0.382 e. The molecule has 0 spiro atoms. The topological polar surface area (TPSA) is 24.9 Å². The molecule has 1 aromatic heterocycles. The number of hydrogen-bond acceptors (Lipinski definition) is 2. The molecule has 0 bridgehead atoms. The van der Waals surface area contributed by atoms with Crippen LogP contribution in [0.25, 0.3) is 10.9 Å². The van der Waals surface area contributed by atoms with Gasteiger partial charge >= 0.3 is 0 Å². The molecule has 1 aliphatic rings. The first-order valence-corrected chi connectivity index (χ1v) is 7.35. The molecule has 0 amide bonds. The number of hydrogen-bond donors (Lipinski definition) is 1. The van der Waals surface area contributed by atoms with E-state index >= 15 is 0 Å². The van der Waals surface area contributed by atoms with Crippen molar-refractivity contribution in [1.82, 2.24) is 4.98 Å². The highest BCUT2D eigenvalue weighted by Crippen LogP contribution is 2.31. The van der Waals surface area contributed by atoms with Crippen molar-refractivity contribution in [2.75, 3.05) is 5.32 Å². The summed E-state index contributed by atoms with van der Waals surface area (Å²) in [5.41, 5.74) is 2.30. The molecule has 3 rings (SSSR count).